The Kier molecular flexibility index (Phi) is 4.07. The SMILES string of the molecule is CCn1nc(C)c(N)c1C(=O)OCCc1ccnn1C. The fraction of sp³-hybridized carbons (Fsp3) is 0.462. The summed E-state index contributed by atoms with van der Waals surface area (Å²) in [6.45, 7) is 4.53. The average molecular weight is 277 g/mol. The van der Waals surface area contributed by atoms with Gasteiger partial charge >= 0.3 is 5.97 Å². The molecule has 108 valence electrons. The van der Waals surface area contributed by atoms with E-state index in [4.69, 9.17) is 10.5 Å². The third-order valence-electron chi connectivity index (χ3n) is 3.18. The van der Waals surface area contributed by atoms with Crippen molar-refractivity contribution in [3.05, 3.63) is 29.3 Å². The summed E-state index contributed by atoms with van der Waals surface area (Å²) in [6.07, 6.45) is 2.33. The number of nitrogen functional groups attached to an aromatic ring is 1. The monoisotopic (exact) mass is 277 g/mol. The van der Waals surface area contributed by atoms with Gasteiger partial charge in [-0.15, -0.1) is 0 Å². The van der Waals surface area contributed by atoms with Gasteiger partial charge in [-0.2, -0.15) is 10.2 Å². The minimum atomic E-state index is -0.438. The summed E-state index contributed by atoms with van der Waals surface area (Å²) in [6, 6.07) is 1.89. The summed E-state index contributed by atoms with van der Waals surface area (Å²) >= 11 is 0. The van der Waals surface area contributed by atoms with Crippen LogP contribution in [0.15, 0.2) is 12.3 Å². The average Bonchev–Trinajstić information content (AvgIpc) is 2.95. The first-order chi connectivity index (χ1) is 9.54. The van der Waals surface area contributed by atoms with Crippen LogP contribution in [0.2, 0.25) is 0 Å². The highest BCUT2D eigenvalue weighted by atomic mass is 16.5. The van der Waals surface area contributed by atoms with E-state index in [2.05, 4.69) is 10.2 Å². The Bertz CT molecular complexity index is 614. The van der Waals surface area contributed by atoms with Gasteiger partial charge in [-0.25, -0.2) is 4.79 Å². The van der Waals surface area contributed by atoms with E-state index in [1.807, 2.05) is 20.0 Å². The molecule has 0 fully saturated rings. The van der Waals surface area contributed by atoms with Crippen LogP contribution >= 0.6 is 0 Å². The van der Waals surface area contributed by atoms with Gasteiger partial charge in [0.2, 0.25) is 0 Å². The van der Waals surface area contributed by atoms with Crippen molar-refractivity contribution in [2.24, 2.45) is 7.05 Å². The Balaban J connectivity index is 2.00. The molecule has 20 heavy (non-hydrogen) atoms. The second kappa shape index (κ2) is 5.77. The number of ether oxygens (including phenoxy) is 1. The van der Waals surface area contributed by atoms with Gasteiger partial charge in [0, 0.05) is 31.9 Å². The fourth-order valence-electron chi connectivity index (χ4n) is 2.00. The zero-order valence-electron chi connectivity index (χ0n) is 12.0. The molecule has 0 atom stereocenters. The van der Waals surface area contributed by atoms with Gasteiger partial charge in [-0.1, -0.05) is 0 Å². The number of nitrogens with zero attached hydrogens (tertiary/aromatic N) is 4. The number of anilines is 1. The van der Waals surface area contributed by atoms with Crippen molar-refractivity contribution in [1.82, 2.24) is 19.6 Å². The molecule has 2 aromatic heterocycles. The van der Waals surface area contributed by atoms with Crippen molar-refractivity contribution >= 4 is 11.7 Å². The number of carbonyl (C=O) groups excluding carboxylic acids is 1. The Labute approximate surface area is 117 Å². The number of nitrogens with two attached hydrogens (primary N) is 1. The van der Waals surface area contributed by atoms with Gasteiger partial charge in [0.25, 0.3) is 0 Å². The van der Waals surface area contributed by atoms with Crippen LogP contribution in [0.1, 0.15) is 28.8 Å². The highest BCUT2D eigenvalue weighted by molar-refractivity contribution is 5.93. The smallest absolute Gasteiger partial charge is 0.358 e. The van der Waals surface area contributed by atoms with Gasteiger partial charge in [0.1, 0.15) is 0 Å². The maximum atomic E-state index is 12.1. The summed E-state index contributed by atoms with van der Waals surface area (Å²) in [5.74, 6) is -0.438. The van der Waals surface area contributed by atoms with E-state index < -0.39 is 5.97 Å². The molecule has 0 radical (unpaired) electrons. The minimum absolute atomic E-state index is 0.283. The predicted octanol–water partition coefficient (Wildman–Crippen LogP) is 0.927. The van der Waals surface area contributed by atoms with E-state index in [0.29, 0.717) is 30.0 Å². The molecule has 2 heterocycles. The summed E-state index contributed by atoms with van der Waals surface area (Å²) in [7, 11) is 1.85. The van der Waals surface area contributed by atoms with Crippen LogP contribution in [0.3, 0.4) is 0 Å². The summed E-state index contributed by atoms with van der Waals surface area (Å²) < 4.78 is 8.59. The van der Waals surface area contributed by atoms with Crippen molar-refractivity contribution < 1.29 is 9.53 Å². The van der Waals surface area contributed by atoms with Gasteiger partial charge in [0.15, 0.2) is 5.69 Å². The van der Waals surface area contributed by atoms with E-state index in [9.17, 15) is 4.79 Å². The third kappa shape index (κ3) is 2.66. The highest BCUT2D eigenvalue weighted by Crippen LogP contribution is 2.17. The Morgan fingerprint density at radius 2 is 2.25 bits per heavy atom. The first-order valence-corrected chi connectivity index (χ1v) is 6.51. The molecular formula is C13H19N5O2. The third-order valence-corrected chi connectivity index (χ3v) is 3.18. The summed E-state index contributed by atoms with van der Waals surface area (Å²) in [4.78, 5) is 12.1. The van der Waals surface area contributed by atoms with Crippen molar-refractivity contribution in [2.45, 2.75) is 26.8 Å². The lowest BCUT2D eigenvalue weighted by Gasteiger charge is -2.07. The lowest BCUT2D eigenvalue weighted by atomic mass is 10.3. The Morgan fingerprint density at radius 3 is 2.85 bits per heavy atom. The quantitative estimate of drug-likeness (QED) is 0.821. The zero-order valence-corrected chi connectivity index (χ0v) is 12.0. The molecule has 0 spiro atoms. The van der Waals surface area contributed by atoms with E-state index >= 15 is 0 Å². The topological polar surface area (TPSA) is 88.0 Å². The molecule has 0 aromatic carbocycles. The number of carbonyl (C=O) groups is 1. The van der Waals surface area contributed by atoms with Crippen LogP contribution in [0, 0.1) is 6.92 Å². The van der Waals surface area contributed by atoms with Crippen molar-refractivity contribution in [3.8, 4) is 0 Å². The number of aromatic nitrogens is 4. The van der Waals surface area contributed by atoms with E-state index in [0.717, 1.165) is 5.69 Å². The molecule has 2 aromatic rings. The maximum absolute atomic E-state index is 12.1. The number of rotatable bonds is 5. The van der Waals surface area contributed by atoms with Gasteiger partial charge in [-0.05, 0) is 19.9 Å². The molecule has 7 nitrogen and oxygen atoms in total. The fourth-order valence-corrected chi connectivity index (χ4v) is 2.00. The van der Waals surface area contributed by atoms with Crippen LogP contribution in [0.25, 0.3) is 0 Å². The second-order valence-electron chi connectivity index (χ2n) is 4.50. The molecule has 0 aliphatic heterocycles. The maximum Gasteiger partial charge on any atom is 0.358 e. The van der Waals surface area contributed by atoms with Crippen LogP contribution in [0.5, 0.6) is 0 Å². The van der Waals surface area contributed by atoms with E-state index in [1.54, 1.807) is 22.5 Å². The van der Waals surface area contributed by atoms with Gasteiger partial charge < -0.3 is 10.5 Å². The normalized spacial score (nSPS) is 10.8. The van der Waals surface area contributed by atoms with Crippen molar-refractivity contribution in [2.75, 3.05) is 12.3 Å². The van der Waals surface area contributed by atoms with Crippen LogP contribution in [-0.2, 0) is 24.8 Å². The molecule has 2 rings (SSSR count). The Morgan fingerprint density at radius 1 is 1.50 bits per heavy atom. The zero-order chi connectivity index (χ0) is 14.7. The largest absolute Gasteiger partial charge is 0.461 e. The molecule has 7 heteroatoms. The van der Waals surface area contributed by atoms with E-state index in [-0.39, 0.29) is 6.61 Å². The lowest BCUT2D eigenvalue weighted by Crippen LogP contribution is -2.16. The minimum Gasteiger partial charge on any atom is -0.461 e. The molecule has 0 unspecified atom stereocenters. The molecular weight excluding hydrogens is 258 g/mol. The van der Waals surface area contributed by atoms with Crippen molar-refractivity contribution in [3.63, 3.8) is 0 Å². The first kappa shape index (κ1) is 14.1. The lowest BCUT2D eigenvalue weighted by molar-refractivity contribution is 0.0494. The predicted molar refractivity (Wildman–Crippen MR) is 74.2 cm³/mol. The van der Waals surface area contributed by atoms with Crippen LogP contribution < -0.4 is 5.73 Å². The van der Waals surface area contributed by atoms with Crippen LogP contribution in [-0.4, -0.2) is 32.1 Å². The highest BCUT2D eigenvalue weighted by Gasteiger charge is 2.20. The number of hydrogen-bond acceptors (Lipinski definition) is 5. The molecule has 0 saturated heterocycles. The standard InChI is InChI=1S/C13H19N5O2/c1-4-18-12(11(14)9(2)16-18)13(19)20-8-6-10-5-7-15-17(10)3/h5,7H,4,6,8,14H2,1-3H3. The van der Waals surface area contributed by atoms with Crippen molar-refractivity contribution in [1.29, 1.82) is 0 Å². The van der Waals surface area contributed by atoms with Gasteiger partial charge in [0.05, 0.1) is 18.0 Å². The van der Waals surface area contributed by atoms with Crippen LogP contribution in [0.4, 0.5) is 5.69 Å². The Hall–Kier alpha value is -2.31. The number of esters is 1. The number of hydrogen-bond donors (Lipinski definition) is 1. The van der Waals surface area contributed by atoms with E-state index in [1.165, 1.54) is 0 Å². The second-order valence-corrected chi connectivity index (χ2v) is 4.50. The molecule has 0 bridgehead atoms. The summed E-state index contributed by atoms with van der Waals surface area (Å²) in [5.41, 5.74) is 8.24. The molecule has 2 N–H and O–H groups in total. The molecule has 0 saturated carbocycles. The first-order valence-electron chi connectivity index (χ1n) is 6.51. The molecule has 0 aliphatic rings. The van der Waals surface area contributed by atoms with Gasteiger partial charge in [-0.3, -0.25) is 9.36 Å². The molecule has 0 amide bonds. The number of aryl methyl sites for hydroxylation is 3. The summed E-state index contributed by atoms with van der Waals surface area (Å²) in [5, 5.41) is 8.26. The molecule has 0 aliphatic carbocycles.